The number of rotatable bonds is 8. The summed E-state index contributed by atoms with van der Waals surface area (Å²) in [5, 5.41) is 12.8. The molecule has 0 radical (unpaired) electrons. The van der Waals surface area contributed by atoms with Gasteiger partial charge in [-0.3, -0.25) is 9.69 Å². The minimum Gasteiger partial charge on any atom is -0.504 e. The normalized spacial score (nSPS) is 10.6. The third kappa shape index (κ3) is 4.74. The molecule has 1 rings (SSSR count). The Hall–Kier alpha value is -1.75. The lowest BCUT2D eigenvalue weighted by molar-refractivity contribution is -0.121. The van der Waals surface area contributed by atoms with Crippen molar-refractivity contribution in [2.75, 3.05) is 26.7 Å². The van der Waals surface area contributed by atoms with Gasteiger partial charge in [-0.1, -0.05) is 19.1 Å². The lowest BCUT2D eigenvalue weighted by Gasteiger charge is -2.21. The average Bonchev–Trinajstić information content (AvgIpc) is 2.43. The van der Waals surface area contributed by atoms with E-state index < -0.39 is 0 Å². The molecule has 5 nitrogen and oxygen atoms in total. The largest absolute Gasteiger partial charge is 0.504 e. The standard InChI is InChI=1S/C15H24N2O3/c1-4-9-17(11-14(18)16-3)10-12-7-6-8-13(15(12)19)20-5-2/h6-8,19H,4-5,9-11H2,1-3H3,(H,16,18). The molecule has 2 N–H and O–H groups in total. The molecule has 0 aliphatic carbocycles. The molecule has 112 valence electrons. The van der Waals surface area contributed by atoms with Gasteiger partial charge in [0.05, 0.1) is 13.2 Å². The number of amides is 1. The third-order valence-electron chi connectivity index (χ3n) is 2.96. The first-order valence-corrected chi connectivity index (χ1v) is 6.98. The summed E-state index contributed by atoms with van der Waals surface area (Å²) in [6.07, 6.45) is 0.947. The van der Waals surface area contributed by atoms with Crippen molar-refractivity contribution in [3.8, 4) is 11.5 Å². The van der Waals surface area contributed by atoms with E-state index in [1.54, 1.807) is 13.1 Å². The molecule has 0 atom stereocenters. The summed E-state index contributed by atoms with van der Waals surface area (Å²) in [5.41, 5.74) is 0.772. The molecule has 0 aliphatic heterocycles. The van der Waals surface area contributed by atoms with Crippen LogP contribution in [0, 0.1) is 0 Å². The molecule has 0 fully saturated rings. The number of carbonyl (C=O) groups excluding carboxylic acids is 1. The number of likely N-dealkylation sites (N-methyl/N-ethyl adjacent to an activating group) is 1. The van der Waals surface area contributed by atoms with Crippen LogP contribution in [0.1, 0.15) is 25.8 Å². The summed E-state index contributed by atoms with van der Waals surface area (Å²) in [6, 6.07) is 5.44. The van der Waals surface area contributed by atoms with E-state index in [9.17, 15) is 9.90 Å². The number of phenols is 1. The minimum atomic E-state index is -0.0288. The van der Waals surface area contributed by atoms with Gasteiger partial charge in [-0.2, -0.15) is 0 Å². The van der Waals surface area contributed by atoms with E-state index in [0.29, 0.717) is 25.4 Å². The van der Waals surface area contributed by atoms with Crippen molar-refractivity contribution < 1.29 is 14.6 Å². The number of hydrogen-bond acceptors (Lipinski definition) is 4. The average molecular weight is 280 g/mol. The van der Waals surface area contributed by atoms with Crippen LogP contribution in [0.2, 0.25) is 0 Å². The highest BCUT2D eigenvalue weighted by Crippen LogP contribution is 2.30. The summed E-state index contributed by atoms with van der Waals surface area (Å²) in [5.74, 6) is 0.618. The predicted octanol–water partition coefficient (Wildman–Crippen LogP) is 1.75. The van der Waals surface area contributed by atoms with Crippen LogP contribution in [0.15, 0.2) is 18.2 Å². The maximum absolute atomic E-state index is 11.5. The zero-order chi connectivity index (χ0) is 15.0. The maximum atomic E-state index is 11.5. The Bertz CT molecular complexity index is 435. The molecule has 0 saturated carbocycles. The molecule has 1 amide bonds. The molecular weight excluding hydrogens is 256 g/mol. The number of carbonyl (C=O) groups is 1. The second-order valence-corrected chi connectivity index (χ2v) is 4.58. The van der Waals surface area contributed by atoms with Crippen LogP contribution >= 0.6 is 0 Å². The number of nitrogens with one attached hydrogen (secondary N) is 1. The van der Waals surface area contributed by atoms with Gasteiger partial charge in [0, 0.05) is 19.2 Å². The molecule has 0 bridgehead atoms. The van der Waals surface area contributed by atoms with Crippen molar-refractivity contribution in [3.63, 3.8) is 0 Å². The predicted molar refractivity (Wildman–Crippen MR) is 78.9 cm³/mol. The van der Waals surface area contributed by atoms with Gasteiger partial charge in [-0.15, -0.1) is 0 Å². The summed E-state index contributed by atoms with van der Waals surface area (Å²) >= 11 is 0. The Morgan fingerprint density at radius 3 is 2.75 bits per heavy atom. The van der Waals surface area contributed by atoms with Gasteiger partial charge in [0.1, 0.15) is 0 Å². The van der Waals surface area contributed by atoms with Crippen LogP contribution < -0.4 is 10.1 Å². The number of benzene rings is 1. The van der Waals surface area contributed by atoms with E-state index in [1.165, 1.54) is 0 Å². The summed E-state index contributed by atoms with van der Waals surface area (Å²) in [4.78, 5) is 13.5. The Kier molecular flexibility index (Phi) is 6.87. The molecule has 1 aromatic carbocycles. The third-order valence-corrected chi connectivity index (χ3v) is 2.96. The van der Waals surface area contributed by atoms with E-state index in [-0.39, 0.29) is 11.7 Å². The van der Waals surface area contributed by atoms with Crippen LogP contribution in [0.3, 0.4) is 0 Å². The van der Waals surface area contributed by atoms with Crippen LogP contribution in [-0.4, -0.2) is 42.7 Å². The van der Waals surface area contributed by atoms with E-state index >= 15 is 0 Å². The number of para-hydroxylation sites is 1. The van der Waals surface area contributed by atoms with Crippen molar-refractivity contribution in [3.05, 3.63) is 23.8 Å². The first-order chi connectivity index (χ1) is 9.62. The molecule has 0 unspecified atom stereocenters. The number of aromatic hydroxyl groups is 1. The number of hydrogen-bond donors (Lipinski definition) is 2. The van der Waals surface area contributed by atoms with Crippen LogP contribution in [0.4, 0.5) is 0 Å². The van der Waals surface area contributed by atoms with Crippen molar-refractivity contribution in [2.45, 2.75) is 26.8 Å². The molecule has 0 saturated heterocycles. The second kappa shape index (κ2) is 8.43. The van der Waals surface area contributed by atoms with E-state index in [1.807, 2.05) is 24.0 Å². The topological polar surface area (TPSA) is 61.8 Å². The molecule has 1 aromatic rings. The Labute approximate surface area is 120 Å². The molecule has 0 aromatic heterocycles. The lowest BCUT2D eigenvalue weighted by Crippen LogP contribution is -2.35. The molecular formula is C15H24N2O3. The van der Waals surface area contributed by atoms with Crippen LogP contribution in [-0.2, 0) is 11.3 Å². The van der Waals surface area contributed by atoms with Gasteiger partial charge < -0.3 is 15.2 Å². The zero-order valence-electron chi connectivity index (χ0n) is 12.5. The van der Waals surface area contributed by atoms with Gasteiger partial charge in [0.25, 0.3) is 0 Å². The van der Waals surface area contributed by atoms with Crippen molar-refractivity contribution in [1.82, 2.24) is 10.2 Å². The van der Waals surface area contributed by atoms with Gasteiger partial charge in [0.2, 0.25) is 5.91 Å². The second-order valence-electron chi connectivity index (χ2n) is 4.58. The zero-order valence-corrected chi connectivity index (χ0v) is 12.5. The molecule has 20 heavy (non-hydrogen) atoms. The first-order valence-electron chi connectivity index (χ1n) is 6.98. The van der Waals surface area contributed by atoms with Gasteiger partial charge in [0.15, 0.2) is 11.5 Å². The van der Waals surface area contributed by atoms with Gasteiger partial charge >= 0.3 is 0 Å². The highest BCUT2D eigenvalue weighted by molar-refractivity contribution is 5.77. The number of phenolic OH excluding ortho intramolecular Hbond substituents is 1. The smallest absolute Gasteiger partial charge is 0.233 e. The van der Waals surface area contributed by atoms with Gasteiger partial charge in [-0.05, 0) is 26.0 Å². The van der Waals surface area contributed by atoms with Gasteiger partial charge in [-0.25, -0.2) is 0 Å². The summed E-state index contributed by atoms with van der Waals surface area (Å²) in [6.45, 7) is 6.09. The Morgan fingerprint density at radius 1 is 1.40 bits per heavy atom. The molecule has 0 heterocycles. The Morgan fingerprint density at radius 2 is 2.15 bits per heavy atom. The fraction of sp³-hybridized carbons (Fsp3) is 0.533. The number of ether oxygens (including phenoxy) is 1. The highest BCUT2D eigenvalue weighted by atomic mass is 16.5. The quantitative estimate of drug-likeness (QED) is 0.761. The van der Waals surface area contributed by atoms with Crippen molar-refractivity contribution >= 4 is 5.91 Å². The minimum absolute atomic E-state index is 0.0288. The van der Waals surface area contributed by atoms with E-state index in [4.69, 9.17) is 4.74 Å². The lowest BCUT2D eigenvalue weighted by atomic mass is 10.1. The number of nitrogens with zero attached hydrogens (tertiary/aromatic N) is 1. The van der Waals surface area contributed by atoms with E-state index in [2.05, 4.69) is 12.2 Å². The van der Waals surface area contributed by atoms with Crippen LogP contribution in [0.25, 0.3) is 0 Å². The molecule has 0 aliphatic rings. The van der Waals surface area contributed by atoms with Crippen molar-refractivity contribution in [2.24, 2.45) is 0 Å². The van der Waals surface area contributed by atoms with Crippen LogP contribution in [0.5, 0.6) is 11.5 Å². The van der Waals surface area contributed by atoms with E-state index in [0.717, 1.165) is 18.5 Å². The fourth-order valence-electron chi connectivity index (χ4n) is 2.02. The fourth-order valence-corrected chi connectivity index (χ4v) is 2.02. The molecule has 0 spiro atoms. The Balaban J connectivity index is 2.82. The summed E-state index contributed by atoms with van der Waals surface area (Å²) < 4.78 is 5.37. The summed E-state index contributed by atoms with van der Waals surface area (Å²) in [7, 11) is 1.62. The maximum Gasteiger partial charge on any atom is 0.233 e. The van der Waals surface area contributed by atoms with Crippen molar-refractivity contribution in [1.29, 1.82) is 0 Å². The molecule has 5 heteroatoms. The monoisotopic (exact) mass is 280 g/mol. The SMILES string of the molecule is CCCN(CC(=O)NC)Cc1cccc(OCC)c1O. The first kappa shape index (κ1) is 16.3. The highest BCUT2D eigenvalue weighted by Gasteiger charge is 2.14.